The summed E-state index contributed by atoms with van der Waals surface area (Å²) in [7, 11) is 0. The molecule has 5 aromatic heterocycles. The van der Waals surface area contributed by atoms with Crippen LogP contribution in [0.1, 0.15) is 50.7 Å². The van der Waals surface area contributed by atoms with Crippen molar-refractivity contribution < 1.29 is 25.2 Å². The van der Waals surface area contributed by atoms with Crippen LogP contribution in [0.4, 0.5) is 0 Å². The molecule has 0 saturated carbocycles. The number of fused-ring (bicyclic) bond motifs is 16. The van der Waals surface area contributed by atoms with Gasteiger partial charge in [0.25, 0.3) is 0 Å². The molecule has 11 rings (SSSR count). The molecule has 272 valence electrons. The monoisotopic (exact) mass is 816 g/mol. The van der Waals surface area contributed by atoms with Gasteiger partial charge in [0.1, 0.15) is 12.0 Å². The number of aromatic nitrogens is 6. The molecule has 0 aliphatic rings. The second kappa shape index (κ2) is 12.9. The normalized spacial score (nSPS) is 12.1. The van der Waals surface area contributed by atoms with Crippen LogP contribution in [-0.2, 0) is 20.4 Å². The minimum absolute atomic E-state index is 0. The van der Waals surface area contributed by atoms with Crippen molar-refractivity contribution in [2.75, 3.05) is 0 Å². The number of ether oxygens (including phenoxy) is 1. The van der Waals surface area contributed by atoms with Gasteiger partial charge in [-0.25, -0.2) is 9.97 Å². The third kappa shape index (κ3) is 5.06. The molecule has 0 radical (unpaired) electrons. The molecule has 8 heteroatoms. The second-order valence-corrected chi connectivity index (χ2v) is 15.0. The molecule has 0 fully saturated rings. The summed E-state index contributed by atoms with van der Waals surface area (Å²) in [5, 5.41) is 5.81. The first-order valence-corrected chi connectivity index (χ1v) is 18.8. The molecular weight excluding hydrogens is 783 g/mol. The fourth-order valence-corrected chi connectivity index (χ4v) is 8.51. The molecule has 0 amide bonds. The molecule has 0 spiro atoms. The number of rotatable bonds is 5. The Balaban J connectivity index is 0.00000384. The summed E-state index contributed by atoms with van der Waals surface area (Å²) < 4.78 is 11.0. The van der Waals surface area contributed by atoms with Gasteiger partial charge in [0.2, 0.25) is 0 Å². The first-order chi connectivity index (χ1) is 26.9. The molecule has 0 aliphatic carbocycles. The average Bonchev–Trinajstić information content (AvgIpc) is 3.81. The maximum Gasteiger partial charge on any atom is 2.00 e. The van der Waals surface area contributed by atoms with E-state index in [0.717, 1.165) is 76.8 Å². The van der Waals surface area contributed by atoms with E-state index in [2.05, 4.69) is 125 Å². The third-order valence-electron chi connectivity index (χ3n) is 11.0. The predicted octanol–water partition coefficient (Wildman–Crippen LogP) is 12.0. The van der Waals surface area contributed by atoms with Crippen LogP contribution in [0.2, 0.25) is 0 Å². The smallest absolute Gasteiger partial charge is 0.497 e. The van der Waals surface area contributed by atoms with E-state index in [9.17, 15) is 0 Å². The maximum atomic E-state index is 6.63. The Hall–Kier alpha value is -6.20. The Morgan fingerprint density at radius 3 is 1.79 bits per heavy atom. The average molecular weight is 817 g/mol. The van der Waals surface area contributed by atoms with E-state index < -0.39 is 0 Å². The van der Waals surface area contributed by atoms with Gasteiger partial charge in [0, 0.05) is 28.6 Å². The number of nitrogens with zero attached hydrogens (tertiary/aromatic N) is 6. The number of imidazole rings is 2. The van der Waals surface area contributed by atoms with E-state index in [0.29, 0.717) is 23.3 Å². The van der Waals surface area contributed by atoms with Crippen LogP contribution in [0.5, 0.6) is 11.5 Å². The van der Waals surface area contributed by atoms with Crippen LogP contribution in [-0.4, -0.2) is 28.7 Å². The zero-order chi connectivity index (χ0) is 36.9. The fraction of sp³-hybridized carbons (Fsp3) is 0.125. The summed E-state index contributed by atoms with van der Waals surface area (Å²) in [6, 6.07) is 45.4. The van der Waals surface area contributed by atoms with Crippen LogP contribution in [0, 0.1) is 12.1 Å². The number of hydrogen-bond donors (Lipinski definition) is 0. The maximum absolute atomic E-state index is 6.63. The molecule has 0 aliphatic heterocycles. The Bertz CT molecular complexity index is 3350. The van der Waals surface area contributed by atoms with Gasteiger partial charge >= 0.3 is 20.4 Å². The van der Waals surface area contributed by atoms with Crippen LogP contribution in [0.3, 0.4) is 0 Å². The summed E-state index contributed by atoms with van der Waals surface area (Å²) in [6.07, 6.45) is 3.43. The number of benzene rings is 6. The fourth-order valence-electron chi connectivity index (χ4n) is 8.51. The van der Waals surface area contributed by atoms with Gasteiger partial charge in [-0.15, -0.1) is 12.1 Å². The predicted molar refractivity (Wildman–Crippen MR) is 222 cm³/mol. The molecule has 0 atom stereocenters. The van der Waals surface area contributed by atoms with Gasteiger partial charge < -0.3 is 13.5 Å². The quantitative estimate of drug-likeness (QED) is 0.0983. The van der Waals surface area contributed by atoms with Gasteiger partial charge in [-0.1, -0.05) is 128 Å². The van der Waals surface area contributed by atoms with Gasteiger partial charge in [-0.3, -0.25) is 9.97 Å². The minimum atomic E-state index is 0. The van der Waals surface area contributed by atoms with Crippen LogP contribution in [0.15, 0.2) is 122 Å². The molecule has 0 bridgehead atoms. The Morgan fingerprint density at radius 1 is 0.554 bits per heavy atom. The minimum Gasteiger partial charge on any atom is -0.497 e. The first kappa shape index (κ1) is 34.3. The molecule has 0 unspecified atom stereocenters. The zero-order valence-corrected chi connectivity index (χ0v) is 32.7. The Kier molecular flexibility index (Phi) is 7.93. The van der Waals surface area contributed by atoms with Crippen molar-refractivity contribution >= 4 is 76.8 Å². The van der Waals surface area contributed by atoms with Gasteiger partial charge in [0.05, 0.1) is 33.4 Å². The molecule has 0 saturated heterocycles. The standard InChI is InChI=1S/C48H34N6O.Pd/c1-27(2)32-10-9-11-33(28(3)4)45(32)29-16-21-42-36(22-29)34-19-17-30(23-37(34)47-51-40-12-5-7-14-43(40)53(42)47)55-31-18-20-35-38(24-31)48-52-41-13-6-8-15-44(41)54(48)46-39(35)25-49-26-50-46;/h5-22,25-28H,1-4H3;/q-2;+2. The van der Waals surface area contributed by atoms with Crippen molar-refractivity contribution in [3.8, 4) is 22.6 Å². The van der Waals surface area contributed by atoms with E-state index in [4.69, 9.17) is 14.7 Å². The van der Waals surface area contributed by atoms with Crippen molar-refractivity contribution in [1.29, 1.82) is 0 Å². The summed E-state index contributed by atoms with van der Waals surface area (Å²) in [4.78, 5) is 19.2. The van der Waals surface area contributed by atoms with Crippen molar-refractivity contribution in [3.05, 3.63) is 145 Å². The van der Waals surface area contributed by atoms with E-state index in [1.807, 2.05) is 48.7 Å². The van der Waals surface area contributed by atoms with E-state index in [1.165, 1.54) is 22.3 Å². The zero-order valence-electron chi connectivity index (χ0n) is 31.1. The van der Waals surface area contributed by atoms with E-state index >= 15 is 0 Å². The van der Waals surface area contributed by atoms with Gasteiger partial charge in [0.15, 0.2) is 0 Å². The third-order valence-corrected chi connectivity index (χ3v) is 11.0. The number of pyridine rings is 2. The van der Waals surface area contributed by atoms with Gasteiger partial charge in [-0.2, -0.15) is 0 Å². The summed E-state index contributed by atoms with van der Waals surface area (Å²) in [5.41, 5.74) is 12.6. The second-order valence-electron chi connectivity index (χ2n) is 15.0. The van der Waals surface area contributed by atoms with Crippen molar-refractivity contribution in [2.24, 2.45) is 0 Å². The van der Waals surface area contributed by atoms with Crippen LogP contribution < -0.4 is 4.74 Å². The topological polar surface area (TPSA) is 69.6 Å². The van der Waals surface area contributed by atoms with Crippen molar-refractivity contribution in [3.63, 3.8) is 0 Å². The van der Waals surface area contributed by atoms with Crippen LogP contribution >= 0.6 is 0 Å². The summed E-state index contributed by atoms with van der Waals surface area (Å²) in [6.45, 7) is 9.11. The van der Waals surface area contributed by atoms with Gasteiger partial charge in [-0.05, 0) is 69.8 Å². The molecule has 5 heterocycles. The van der Waals surface area contributed by atoms with Crippen LogP contribution in [0.25, 0.3) is 88.0 Å². The summed E-state index contributed by atoms with van der Waals surface area (Å²) >= 11 is 0. The van der Waals surface area contributed by atoms with E-state index in [-0.39, 0.29) is 20.4 Å². The Labute approximate surface area is 336 Å². The molecule has 7 nitrogen and oxygen atoms in total. The number of para-hydroxylation sites is 4. The SMILES string of the molecule is CC(C)c1cccc(C(C)C)c1-c1ccc2c(c1)c1ccc(Oc3[c-]c4c(cc3)c3cncnc3n3c5ccccc5nc43)[c-]c1c1nc3ccccc3n21.[Pd+2]. The first-order valence-electron chi connectivity index (χ1n) is 18.8. The molecule has 0 N–H and O–H groups in total. The molecule has 11 aromatic rings. The van der Waals surface area contributed by atoms with E-state index in [1.54, 1.807) is 6.33 Å². The van der Waals surface area contributed by atoms with Crippen molar-refractivity contribution in [1.82, 2.24) is 28.7 Å². The molecule has 6 aromatic carbocycles. The molecular formula is C48H34N6OPd. The van der Waals surface area contributed by atoms with Crippen molar-refractivity contribution in [2.45, 2.75) is 39.5 Å². The Morgan fingerprint density at radius 2 is 1.14 bits per heavy atom. The summed E-state index contributed by atoms with van der Waals surface area (Å²) in [5.74, 6) is 1.91. The molecule has 56 heavy (non-hydrogen) atoms. The number of hydrogen-bond acceptors (Lipinski definition) is 5. The largest absolute Gasteiger partial charge is 2.00 e.